The predicted molar refractivity (Wildman–Crippen MR) is 113 cm³/mol. The zero-order valence-corrected chi connectivity index (χ0v) is 17.2. The molecule has 1 aliphatic heterocycles. The number of allylic oxidation sites excluding steroid dienone is 2. The van der Waals surface area contributed by atoms with Gasteiger partial charge < -0.3 is 14.4 Å². The van der Waals surface area contributed by atoms with E-state index in [2.05, 4.69) is 79.1 Å². The number of methoxy groups -OCH3 is 2. The zero-order valence-electron chi connectivity index (χ0n) is 17.2. The molecule has 0 bridgehead atoms. The molecule has 0 N–H and O–H groups in total. The molecule has 4 heteroatoms. The fraction of sp³-hybridized carbons (Fsp3) is 0.435. The zero-order chi connectivity index (χ0) is 19.4. The molecule has 0 fully saturated rings. The van der Waals surface area contributed by atoms with Crippen LogP contribution in [0.25, 0.3) is 10.8 Å². The van der Waals surface area contributed by atoms with Crippen LogP contribution in [0.1, 0.15) is 19.4 Å². The summed E-state index contributed by atoms with van der Waals surface area (Å²) < 4.78 is 12.8. The molecule has 2 aromatic rings. The maximum absolute atomic E-state index is 5.25. The Bertz CT molecular complexity index is 858. The summed E-state index contributed by atoms with van der Waals surface area (Å²) in [7, 11) is 5.65. The maximum atomic E-state index is 5.25. The van der Waals surface area contributed by atoms with Crippen molar-refractivity contribution < 1.29 is 14.0 Å². The van der Waals surface area contributed by atoms with E-state index in [0.29, 0.717) is 13.2 Å². The minimum Gasteiger partial charge on any atom is -0.378 e. The molecule has 4 nitrogen and oxygen atoms in total. The summed E-state index contributed by atoms with van der Waals surface area (Å²) in [5.41, 5.74) is 3.95. The third-order valence-corrected chi connectivity index (χ3v) is 5.52. The number of benzene rings is 2. The molecular formula is C23H31N2O2+. The first-order chi connectivity index (χ1) is 13.0. The van der Waals surface area contributed by atoms with Crippen molar-refractivity contribution in [1.82, 2.24) is 0 Å². The lowest BCUT2D eigenvalue weighted by molar-refractivity contribution is -0.527. The lowest BCUT2D eigenvalue weighted by Crippen LogP contribution is -2.25. The van der Waals surface area contributed by atoms with Gasteiger partial charge in [0.1, 0.15) is 13.2 Å². The summed E-state index contributed by atoms with van der Waals surface area (Å²) in [5.74, 6) is 0. The number of hydrogen-bond acceptors (Lipinski definition) is 3. The van der Waals surface area contributed by atoms with E-state index < -0.39 is 0 Å². The Hall–Kier alpha value is -2.17. The second kappa shape index (κ2) is 8.24. The van der Waals surface area contributed by atoms with Crippen molar-refractivity contribution in [2.45, 2.75) is 19.3 Å². The largest absolute Gasteiger partial charge is 0.378 e. The smallest absolute Gasteiger partial charge is 0.166 e. The molecule has 3 rings (SSSR count). The van der Waals surface area contributed by atoms with Gasteiger partial charge in [-0.3, -0.25) is 0 Å². The molecule has 2 aromatic carbocycles. The number of ether oxygens (including phenoxy) is 2. The molecule has 144 valence electrons. The van der Waals surface area contributed by atoms with E-state index in [9.17, 15) is 0 Å². The minimum atomic E-state index is -0.0429. The number of fused-ring (bicyclic) bond motifs is 3. The molecule has 0 saturated carbocycles. The molecule has 0 radical (unpaired) electrons. The van der Waals surface area contributed by atoms with Gasteiger partial charge in [-0.05, 0) is 10.9 Å². The molecule has 0 amide bonds. The van der Waals surface area contributed by atoms with Crippen molar-refractivity contribution in [3.8, 4) is 0 Å². The van der Waals surface area contributed by atoms with Crippen molar-refractivity contribution >= 4 is 22.7 Å². The Morgan fingerprint density at radius 2 is 1.67 bits per heavy atom. The van der Waals surface area contributed by atoms with Crippen LogP contribution in [-0.2, 0) is 14.9 Å². The highest BCUT2D eigenvalue weighted by molar-refractivity contribution is 5.99. The van der Waals surface area contributed by atoms with Gasteiger partial charge in [0.15, 0.2) is 19.3 Å². The van der Waals surface area contributed by atoms with Gasteiger partial charge >= 0.3 is 0 Å². The third kappa shape index (κ3) is 3.78. The number of likely N-dealkylation sites (N-methyl/N-ethyl adjacent to an activating group) is 1. The Morgan fingerprint density at radius 3 is 2.33 bits per heavy atom. The topological polar surface area (TPSA) is 24.7 Å². The molecule has 0 aromatic heterocycles. The molecule has 27 heavy (non-hydrogen) atoms. The van der Waals surface area contributed by atoms with E-state index in [1.165, 1.54) is 27.7 Å². The fourth-order valence-corrected chi connectivity index (χ4v) is 3.97. The second-order valence-corrected chi connectivity index (χ2v) is 7.59. The van der Waals surface area contributed by atoms with Gasteiger partial charge in [-0.15, -0.1) is 0 Å². The van der Waals surface area contributed by atoms with Crippen molar-refractivity contribution in [2.24, 2.45) is 0 Å². The highest BCUT2D eigenvalue weighted by Crippen LogP contribution is 2.49. The van der Waals surface area contributed by atoms with Gasteiger partial charge in [0.05, 0.1) is 5.69 Å². The molecule has 0 saturated heterocycles. The predicted octanol–water partition coefficient (Wildman–Crippen LogP) is 3.83. The standard InChI is InChI=1S/C23H31N2O2/c1-23(2)20-11-10-18-8-6-7-9-19(18)22(20)24(3)21(23)12-13-25(14-16-26-4)15-17-27-5/h6-13H,14-17H2,1-5H3/q+1. The van der Waals surface area contributed by atoms with Crippen LogP contribution in [0.15, 0.2) is 48.2 Å². The SMILES string of the molecule is COCC[N+](=CC=C1N(C)c2c(ccc3ccccc23)C1(C)C)CCOC. The second-order valence-electron chi connectivity index (χ2n) is 7.59. The Kier molecular flexibility index (Phi) is 5.98. The van der Waals surface area contributed by atoms with Crippen LogP contribution < -0.4 is 4.90 Å². The molecule has 1 heterocycles. The van der Waals surface area contributed by atoms with Crippen LogP contribution >= 0.6 is 0 Å². The summed E-state index contributed by atoms with van der Waals surface area (Å²) >= 11 is 0. The van der Waals surface area contributed by atoms with Crippen molar-refractivity contribution in [1.29, 1.82) is 0 Å². The average molecular weight is 368 g/mol. The van der Waals surface area contributed by atoms with Crippen LogP contribution in [0.4, 0.5) is 5.69 Å². The maximum Gasteiger partial charge on any atom is 0.166 e. The van der Waals surface area contributed by atoms with E-state index in [4.69, 9.17) is 9.47 Å². The Labute approximate surface area is 162 Å². The van der Waals surface area contributed by atoms with Gasteiger partial charge in [-0.1, -0.05) is 50.2 Å². The summed E-state index contributed by atoms with van der Waals surface area (Å²) in [6.45, 7) is 7.71. The van der Waals surface area contributed by atoms with Gasteiger partial charge in [-0.25, -0.2) is 4.58 Å². The summed E-state index contributed by atoms with van der Waals surface area (Å²) in [6.07, 6.45) is 4.43. The van der Waals surface area contributed by atoms with E-state index in [0.717, 1.165) is 13.1 Å². The monoisotopic (exact) mass is 367 g/mol. The first-order valence-electron chi connectivity index (χ1n) is 9.54. The molecule has 1 aliphatic rings. The highest BCUT2D eigenvalue weighted by Gasteiger charge is 2.39. The highest BCUT2D eigenvalue weighted by atomic mass is 16.5. The third-order valence-electron chi connectivity index (χ3n) is 5.52. The van der Waals surface area contributed by atoms with Gasteiger partial charge in [0, 0.05) is 43.8 Å². The number of hydrogen-bond donors (Lipinski definition) is 0. The quantitative estimate of drug-likeness (QED) is 0.549. The molecule has 0 spiro atoms. The van der Waals surface area contributed by atoms with Crippen LogP contribution in [0.3, 0.4) is 0 Å². The summed E-state index contributed by atoms with van der Waals surface area (Å²) in [5, 5.41) is 2.59. The van der Waals surface area contributed by atoms with Crippen LogP contribution in [0.5, 0.6) is 0 Å². The van der Waals surface area contributed by atoms with Crippen molar-refractivity contribution in [2.75, 3.05) is 52.5 Å². The lowest BCUT2D eigenvalue weighted by Gasteiger charge is -2.23. The van der Waals surface area contributed by atoms with E-state index >= 15 is 0 Å². The molecule has 0 aliphatic carbocycles. The normalized spacial score (nSPS) is 16.8. The Balaban J connectivity index is 2.01. The molecule has 0 unspecified atom stereocenters. The van der Waals surface area contributed by atoms with E-state index in [1.807, 2.05) is 0 Å². The number of anilines is 1. The summed E-state index contributed by atoms with van der Waals surface area (Å²) in [6, 6.07) is 13.1. The van der Waals surface area contributed by atoms with E-state index in [1.54, 1.807) is 14.2 Å². The van der Waals surface area contributed by atoms with Gasteiger partial charge in [0.2, 0.25) is 0 Å². The summed E-state index contributed by atoms with van der Waals surface area (Å²) in [4.78, 5) is 2.35. The molecule has 0 atom stereocenters. The fourth-order valence-electron chi connectivity index (χ4n) is 3.97. The van der Waals surface area contributed by atoms with E-state index in [-0.39, 0.29) is 5.41 Å². The van der Waals surface area contributed by atoms with Gasteiger partial charge in [-0.2, -0.15) is 0 Å². The average Bonchev–Trinajstić information content (AvgIpc) is 2.87. The number of rotatable bonds is 7. The Morgan fingerprint density at radius 1 is 1.00 bits per heavy atom. The molecular weight excluding hydrogens is 336 g/mol. The van der Waals surface area contributed by atoms with Crippen LogP contribution in [0.2, 0.25) is 0 Å². The van der Waals surface area contributed by atoms with Crippen LogP contribution in [-0.4, -0.2) is 58.4 Å². The minimum absolute atomic E-state index is 0.0429. The lowest BCUT2D eigenvalue weighted by atomic mass is 9.83. The first-order valence-corrected chi connectivity index (χ1v) is 9.54. The van der Waals surface area contributed by atoms with Gasteiger partial charge in [0.25, 0.3) is 0 Å². The van der Waals surface area contributed by atoms with Crippen molar-refractivity contribution in [3.05, 3.63) is 53.7 Å². The number of nitrogens with zero attached hydrogens (tertiary/aromatic N) is 2. The first kappa shape index (κ1) is 19.6. The van der Waals surface area contributed by atoms with Crippen LogP contribution in [0, 0.1) is 0 Å². The van der Waals surface area contributed by atoms with Crippen molar-refractivity contribution in [3.63, 3.8) is 0 Å².